The van der Waals surface area contributed by atoms with Crippen molar-refractivity contribution in [2.75, 3.05) is 7.11 Å². The van der Waals surface area contributed by atoms with Crippen LogP contribution in [0.3, 0.4) is 0 Å². The Morgan fingerprint density at radius 3 is 2.92 bits per heavy atom. The fraction of sp³-hybridized carbons (Fsp3) is 0.333. The minimum absolute atomic E-state index is 1.01. The first-order chi connectivity index (χ1) is 6.33. The summed E-state index contributed by atoms with van der Waals surface area (Å²) in [6, 6.07) is 6.20. The van der Waals surface area contributed by atoms with Gasteiger partial charge in [0.05, 0.1) is 7.11 Å². The van der Waals surface area contributed by atoms with Crippen LogP contribution < -0.4 is 4.74 Å². The van der Waals surface area contributed by atoms with Gasteiger partial charge in [-0.3, -0.25) is 0 Å². The highest BCUT2D eigenvalue weighted by Gasteiger charge is 2.15. The predicted molar refractivity (Wildman–Crippen MR) is 55.0 cm³/mol. The van der Waals surface area contributed by atoms with Crippen LogP contribution in [0.2, 0.25) is 0 Å². The third-order valence-corrected chi connectivity index (χ3v) is 2.64. The van der Waals surface area contributed by atoms with Gasteiger partial charge in [0.15, 0.2) is 0 Å². The molecule has 0 fully saturated rings. The highest BCUT2D eigenvalue weighted by Crippen LogP contribution is 2.34. The number of hydrogen-bond acceptors (Lipinski definition) is 1. The summed E-state index contributed by atoms with van der Waals surface area (Å²) in [7, 11) is 1.73. The summed E-state index contributed by atoms with van der Waals surface area (Å²) in [5, 5.41) is 0. The normalized spacial score (nSPS) is 15.3. The van der Waals surface area contributed by atoms with Gasteiger partial charge in [0.25, 0.3) is 0 Å². The largest absolute Gasteiger partial charge is 0.496 e. The number of fused-ring (bicyclic) bond motifs is 1. The Kier molecular flexibility index (Phi) is 2.09. The van der Waals surface area contributed by atoms with E-state index in [9.17, 15) is 0 Å². The Labute approximate surface area is 79.0 Å². The van der Waals surface area contributed by atoms with Crippen molar-refractivity contribution in [1.82, 2.24) is 0 Å². The van der Waals surface area contributed by atoms with Crippen molar-refractivity contribution in [3.63, 3.8) is 0 Å². The lowest BCUT2D eigenvalue weighted by Gasteiger charge is -2.20. The van der Waals surface area contributed by atoms with E-state index >= 15 is 0 Å². The molecule has 1 aromatic carbocycles. The smallest absolute Gasteiger partial charge is 0.122 e. The molecule has 0 radical (unpaired) electrons. The molecule has 0 heterocycles. The number of hydrogen-bond donors (Lipinski definition) is 0. The summed E-state index contributed by atoms with van der Waals surface area (Å²) in [4.78, 5) is 0. The summed E-state index contributed by atoms with van der Waals surface area (Å²) >= 11 is 0. The standard InChI is InChI=1S/C12H14O/c1-9-5-3-7-11-10(9)6-4-8-12(11)13-2/h4,6,8H,1,3,5,7H2,2H3. The van der Waals surface area contributed by atoms with Gasteiger partial charge in [0.1, 0.15) is 5.75 Å². The molecular formula is C12H14O. The highest BCUT2D eigenvalue weighted by atomic mass is 16.5. The Bertz CT molecular complexity index is 339. The summed E-state index contributed by atoms with van der Waals surface area (Å²) in [5.74, 6) is 1.01. The number of methoxy groups -OCH3 is 1. The lowest BCUT2D eigenvalue weighted by molar-refractivity contribution is 0.408. The molecule has 0 atom stereocenters. The first-order valence-corrected chi connectivity index (χ1v) is 4.67. The summed E-state index contributed by atoms with van der Waals surface area (Å²) in [6.07, 6.45) is 3.45. The molecule has 13 heavy (non-hydrogen) atoms. The second-order valence-electron chi connectivity index (χ2n) is 3.44. The molecule has 0 unspecified atom stereocenters. The van der Waals surface area contributed by atoms with Crippen LogP contribution in [0.25, 0.3) is 5.57 Å². The lowest BCUT2D eigenvalue weighted by Crippen LogP contribution is -2.03. The second-order valence-corrected chi connectivity index (χ2v) is 3.44. The van der Waals surface area contributed by atoms with Crippen molar-refractivity contribution in [2.45, 2.75) is 19.3 Å². The molecule has 1 aliphatic rings. The zero-order chi connectivity index (χ0) is 9.26. The van der Waals surface area contributed by atoms with Crippen LogP contribution in [0.5, 0.6) is 5.75 Å². The van der Waals surface area contributed by atoms with E-state index < -0.39 is 0 Å². The fourth-order valence-electron chi connectivity index (χ4n) is 1.96. The van der Waals surface area contributed by atoms with Crippen LogP contribution in [0.1, 0.15) is 24.0 Å². The summed E-state index contributed by atoms with van der Waals surface area (Å²) in [6.45, 7) is 4.08. The van der Waals surface area contributed by atoms with Gasteiger partial charge in [0, 0.05) is 5.56 Å². The number of rotatable bonds is 1. The van der Waals surface area contributed by atoms with E-state index in [0.717, 1.165) is 18.6 Å². The van der Waals surface area contributed by atoms with E-state index in [-0.39, 0.29) is 0 Å². The van der Waals surface area contributed by atoms with Gasteiger partial charge in [-0.25, -0.2) is 0 Å². The maximum atomic E-state index is 5.32. The highest BCUT2D eigenvalue weighted by molar-refractivity contribution is 5.70. The van der Waals surface area contributed by atoms with Gasteiger partial charge >= 0.3 is 0 Å². The maximum Gasteiger partial charge on any atom is 0.122 e. The van der Waals surface area contributed by atoms with Gasteiger partial charge in [-0.2, -0.15) is 0 Å². The lowest BCUT2D eigenvalue weighted by atomic mass is 9.88. The molecule has 1 nitrogen and oxygen atoms in total. The van der Waals surface area contributed by atoms with Crippen molar-refractivity contribution in [3.8, 4) is 5.75 Å². The Morgan fingerprint density at radius 1 is 1.31 bits per heavy atom. The van der Waals surface area contributed by atoms with Crippen LogP contribution in [0.4, 0.5) is 0 Å². The molecule has 2 rings (SSSR count). The number of ether oxygens (including phenoxy) is 1. The molecule has 1 aromatic rings. The third kappa shape index (κ3) is 1.35. The van der Waals surface area contributed by atoms with E-state index in [1.165, 1.54) is 23.1 Å². The van der Waals surface area contributed by atoms with Crippen LogP contribution in [0, 0.1) is 0 Å². The Hall–Kier alpha value is -1.24. The summed E-state index contributed by atoms with van der Waals surface area (Å²) < 4.78 is 5.32. The Morgan fingerprint density at radius 2 is 2.15 bits per heavy atom. The Balaban J connectivity index is 2.54. The van der Waals surface area contributed by atoms with Gasteiger partial charge in [0.2, 0.25) is 0 Å². The van der Waals surface area contributed by atoms with Crippen molar-refractivity contribution in [1.29, 1.82) is 0 Å². The monoisotopic (exact) mass is 174 g/mol. The quantitative estimate of drug-likeness (QED) is 0.635. The fourth-order valence-corrected chi connectivity index (χ4v) is 1.96. The van der Waals surface area contributed by atoms with Crippen molar-refractivity contribution in [3.05, 3.63) is 35.9 Å². The van der Waals surface area contributed by atoms with Gasteiger partial charge in [-0.15, -0.1) is 0 Å². The topological polar surface area (TPSA) is 9.23 Å². The van der Waals surface area contributed by atoms with E-state index in [1.807, 2.05) is 12.1 Å². The molecule has 0 amide bonds. The molecule has 1 heteroatoms. The van der Waals surface area contributed by atoms with Gasteiger partial charge in [-0.1, -0.05) is 18.7 Å². The molecule has 68 valence electrons. The van der Waals surface area contributed by atoms with Crippen LogP contribution in [-0.4, -0.2) is 7.11 Å². The van der Waals surface area contributed by atoms with Crippen LogP contribution >= 0.6 is 0 Å². The molecule has 0 N–H and O–H groups in total. The van der Waals surface area contributed by atoms with E-state index in [0.29, 0.717) is 0 Å². The first kappa shape index (κ1) is 8.36. The SMILES string of the molecule is C=C1CCCc2c(OC)cccc21. The van der Waals surface area contributed by atoms with Crippen molar-refractivity contribution in [2.24, 2.45) is 0 Å². The van der Waals surface area contributed by atoms with Crippen molar-refractivity contribution >= 4 is 5.57 Å². The van der Waals surface area contributed by atoms with E-state index in [2.05, 4.69) is 12.6 Å². The van der Waals surface area contributed by atoms with Crippen molar-refractivity contribution < 1.29 is 4.74 Å². The number of benzene rings is 1. The first-order valence-electron chi connectivity index (χ1n) is 4.67. The summed E-state index contributed by atoms with van der Waals surface area (Å²) in [5.41, 5.74) is 3.88. The molecule has 0 aromatic heterocycles. The van der Waals surface area contributed by atoms with Crippen LogP contribution in [-0.2, 0) is 6.42 Å². The minimum Gasteiger partial charge on any atom is -0.496 e. The number of allylic oxidation sites excluding steroid dienone is 1. The van der Waals surface area contributed by atoms with Crippen LogP contribution in [0.15, 0.2) is 24.8 Å². The molecular weight excluding hydrogens is 160 g/mol. The maximum absolute atomic E-state index is 5.32. The minimum atomic E-state index is 1.01. The zero-order valence-corrected chi connectivity index (χ0v) is 7.97. The molecule has 0 saturated carbocycles. The molecule has 0 aliphatic heterocycles. The molecule has 0 bridgehead atoms. The van der Waals surface area contributed by atoms with Gasteiger partial charge in [-0.05, 0) is 36.5 Å². The molecule has 0 saturated heterocycles. The average Bonchev–Trinajstić information content (AvgIpc) is 2.18. The molecule has 0 spiro atoms. The molecule has 1 aliphatic carbocycles. The third-order valence-electron chi connectivity index (χ3n) is 2.64. The predicted octanol–water partition coefficient (Wildman–Crippen LogP) is 3.04. The zero-order valence-electron chi connectivity index (χ0n) is 7.97. The van der Waals surface area contributed by atoms with Gasteiger partial charge < -0.3 is 4.74 Å². The average molecular weight is 174 g/mol. The van der Waals surface area contributed by atoms with E-state index in [4.69, 9.17) is 4.74 Å². The van der Waals surface area contributed by atoms with E-state index in [1.54, 1.807) is 7.11 Å². The second kappa shape index (κ2) is 3.25.